The standard InChI is InChI=1S/C24H20ClN3O7/c1-34-23(30)19-17-4-3-11-27(17)21(20(19)24(31)35-2)13-5-8-15(9-6-13)26-22(29)16-10-7-14(25)12-18(16)28(32)33/h5-10,12H,3-4,11H2,1-2H3,(H,26,29). The number of nitro benzene ring substituents is 1. The van der Waals surface area contributed by atoms with E-state index >= 15 is 0 Å². The van der Waals surface area contributed by atoms with Gasteiger partial charge in [-0.25, -0.2) is 9.59 Å². The van der Waals surface area contributed by atoms with Crippen molar-refractivity contribution in [2.24, 2.45) is 0 Å². The number of hydrogen-bond donors (Lipinski definition) is 1. The molecule has 1 aliphatic rings. The molecule has 35 heavy (non-hydrogen) atoms. The van der Waals surface area contributed by atoms with Crippen LogP contribution >= 0.6 is 11.6 Å². The fraction of sp³-hybridized carbons (Fsp3) is 0.208. The van der Waals surface area contributed by atoms with Crippen LogP contribution in [0.5, 0.6) is 0 Å². The summed E-state index contributed by atoms with van der Waals surface area (Å²) in [5.74, 6) is -1.95. The number of amides is 1. The predicted molar refractivity (Wildman–Crippen MR) is 127 cm³/mol. The van der Waals surface area contributed by atoms with Gasteiger partial charge in [-0.3, -0.25) is 14.9 Å². The van der Waals surface area contributed by atoms with Crippen LogP contribution in [0.3, 0.4) is 0 Å². The summed E-state index contributed by atoms with van der Waals surface area (Å²) in [5.41, 5.74) is 2.01. The van der Waals surface area contributed by atoms with Crippen molar-refractivity contribution in [1.29, 1.82) is 0 Å². The molecule has 1 amide bonds. The molecule has 0 saturated carbocycles. The van der Waals surface area contributed by atoms with Gasteiger partial charge in [0.05, 0.1) is 30.4 Å². The third-order valence-corrected chi connectivity index (χ3v) is 6.00. The zero-order chi connectivity index (χ0) is 25.3. The number of aromatic nitrogens is 1. The number of ether oxygens (including phenoxy) is 2. The molecular formula is C24H20ClN3O7. The summed E-state index contributed by atoms with van der Waals surface area (Å²) in [7, 11) is 2.50. The second-order valence-electron chi connectivity index (χ2n) is 7.73. The van der Waals surface area contributed by atoms with Crippen molar-refractivity contribution in [3.63, 3.8) is 0 Å². The molecule has 0 atom stereocenters. The molecular weight excluding hydrogens is 478 g/mol. The maximum atomic E-state index is 12.7. The van der Waals surface area contributed by atoms with Crippen LogP contribution < -0.4 is 5.32 Å². The van der Waals surface area contributed by atoms with Gasteiger partial charge >= 0.3 is 11.9 Å². The number of halogens is 1. The number of nitro groups is 1. The lowest BCUT2D eigenvalue weighted by molar-refractivity contribution is -0.385. The first-order valence-corrected chi connectivity index (χ1v) is 10.9. The van der Waals surface area contributed by atoms with E-state index in [4.69, 9.17) is 21.1 Å². The molecule has 0 saturated heterocycles. The summed E-state index contributed by atoms with van der Waals surface area (Å²) in [4.78, 5) is 48.5. The molecule has 11 heteroatoms. The number of rotatable bonds is 6. The first kappa shape index (κ1) is 24.0. The van der Waals surface area contributed by atoms with E-state index in [1.165, 1.54) is 26.4 Å². The van der Waals surface area contributed by atoms with E-state index < -0.39 is 28.5 Å². The van der Waals surface area contributed by atoms with Gasteiger partial charge in [-0.1, -0.05) is 23.7 Å². The van der Waals surface area contributed by atoms with Crippen molar-refractivity contribution in [3.8, 4) is 11.3 Å². The molecule has 0 fully saturated rings. The fourth-order valence-electron chi connectivity index (χ4n) is 4.26. The van der Waals surface area contributed by atoms with Gasteiger partial charge in [-0.05, 0) is 42.7 Å². The highest BCUT2D eigenvalue weighted by atomic mass is 35.5. The van der Waals surface area contributed by atoms with Crippen molar-refractivity contribution in [2.75, 3.05) is 19.5 Å². The molecule has 10 nitrogen and oxygen atoms in total. The number of esters is 2. The Bertz CT molecular complexity index is 1360. The fourth-order valence-corrected chi connectivity index (χ4v) is 4.43. The van der Waals surface area contributed by atoms with Crippen molar-refractivity contribution < 1.29 is 28.8 Å². The Labute approximate surface area is 204 Å². The topological polar surface area (TPSA) is 130 Å². The minimum Gasteiger partial charge on any atom is -0.465 e. The van der Waals surface area contributed by atoms with Crippen LogP contribution in [0.25, 0.3) is 11.3 Å². The van der Waals surface area contributed by atoms with Crippen molar-refractivity contribution in [1.82, 2.24) is 4.57 Å². The number of hydrogen-bond acceptors (Lipinski definition) is 7. The van der Waals surface area contributed by atoms with E-state index in [0.29, 0.717) is 35.6 Å². The molecule has 0 bridgehead atoms. The summed E-state index contributed by atoms with van der Waals surface area (Å²) in [6, 6.07) is 10.4. The summed E-state index contributed by atoms with van der Waals surface area (Å²) in [6.45, 7) is 0.615. The zero-order valence-electron chi connectivity index (χ0n) is 18.8. The molecule has 180 valence electrons. The van der Waals surface area contributed by atoms with E-state index in [-0.39, 0.29) is 21.7 Å². The highest BCUT2D eigenvalue weighted by Crippen LogP contribution is 2.37. The quantitative estimate of drug-likeness (QED) is 0.301. The van der Waals surface area contributed by atoms with E-state index in [0.717, 1.165) is 12.5 Å². The van der Waals surface area contributed by atoms with Crippen LogP contribution in [0, 0.1) is 10.1 Å². The highest BCUT2D eigenvalue weighted by molar-refractivity contribution is 6.31. The average Bonchev–Trinajstić information content (AvgIpc) is 3.44. The van der Waals surface area contributed by atoms with E-state index in [2.05, 4.69) is 5.32 Å². The summed E-state index contributed by atoms with van der Waals surface area (Å²) in [6.07, 6.45) is 1.42. The van der Waals surface area contributed by atoms with Crippen LogP contribution in [0.4, 0.5) is 11.4 Å². The molecule has 2 aromatic carbocycles. The van der Waals surface area contributed by atoms with E-state index in [1.54, 1.807) is 24.3 Å². The van der Waals surface area contributed by atoms with Crippen LogP contribution in [0.1, 0.15) is 43.2 Å². The number of carbonyl (C=O) groups excluding carboxylic acids is 3. The Balaban J connectivity index is 1.70. The molecule has 4 rings (SSSR count). The number of fused-ring (bicyclic) bond motifs is 1. The van der Waals surface area contributed by atoms with Crippen LogP contribution in [-0.4, -0.2) is 41.6 Å². The maximum absolute atomic E-state index is 12.7. The molecule has 0 unspecified atom stereocenters. The molecule has 0 radical (unpaired) electrons. The Hall–Kier alpha value is -4.18. The smallest absolute Gasteiger partial charge is 0.340 e. The number of anilines is 1. The summed E-state index contributed by atoms with van der Waals surface area (Å²) < 4.78 is 11.8. The molecule has 1 N–H and O–H groups in total. The lowest BCUT2D eigenvalue weighted by Gasteiger charge is -2.11. The Morgan fingerprint density at radius 2 is 1.69 bits per heavy atom. The van der Waals surface area contributed by atoms with Gasteiger partial charge in [-0.15, -0.1) is 0 Å². The Morgan fingerprint density at radius 1 is 1.03 bits per heavy atom. The molecule has 0 aliphatic carbocycles. The normalized spacial score (nSPS) is 12.1. The molecule has 1 aromatic heterocycles. The Morgan fingerprint density at radius 3 is 2.31 bits per heavy atom. The van der Waals surface area contributed by atoms with Crippen molar-refractivity contribution >= 4 is 40.8 Å². The molecule has 0 spiro atoms. The Kier molecular flexibility index (Phi) is 6.57. The van der Waals surface area contributed by atoms with E-state index in [9.17, 15) is 24.5 Å². The lowest BCUT2D eigenvalue weighted by atomic mass is 10.0. The van der Waals surface area contributed by atoms with Crippen molar-refractivity contribution in [3.05, 3.63) is 80.0 Å². The number of benzene rings is 2. The lowest BCUT2D eigenvalue weighted by Crippen LogP contribution is -2.14. The van der Waals surface area contributed by atoms with Gasteiger partial charge in [0.15, 0.2) is 0 Å². The second kappa shape index (κ2) is 9.59. The first-order valence-electron chi connectivity index (χ1n) is 10.5. The third kappa shape index (κ3) is 4.35. The average molecular weight is 498 g/mol. The van der Waals surface area contributed by atoms with Gasteiger partial charge < -0.3 is 19.4 Å². The maximum Gasteiger partial charge on any atom is 0.340 e. The summed E-state index contributed by atoms with van der Waals surface area (Å²) >= 11 is 5.82. The van der Waals surface area contributed by atoms with Gasteiger partial charge in [0, 0.05) is 29.0 Å². The summed E-state index contributed by atoms with van der Waals surface area (Å²) in [5, 5.41) is 14.1. The van der Waals surface area contributed by atoms with Crippen LogP contribution in [0.2, 0.25) is 5.02 Å². The number of carbonyl (C=O) groups is 3. The van der Waals surface area contributed by atoms with Crippen molar-refractivity contribution in [2.45, 2.75) is 19.4 Å². The molecule has 3 aromatic rings. The van der Waals surface area contributed by atoms with Gasteiger partial charge in [0.1, 0.15) is 11.1 Å². The minimum atomic E-state index is -0.676. The number of nitrogens with zero attached hydrogens (tertiary/aromatic N) is 2. The number of nitrogens with one attached hydrogen (secondary N) is 1. The van der Waals surface area contributed by atoms with Crippen LogP contribution in [-0.2, 0) is 22.4 Å². The largest absolute Gasteiger partial charge is 0.465 e. The minimum absolute atomic E-state index is 0.127. The first-order chi connectivity index (χ1) is 16.8. The van der Waals surface area contributed by atoms with Crippen LogP contribution in [0.15, 0.2) is 42.5 Å². The van der Waals surface area contributed by atoms with E-state index in [1.807, 2.05) is 4.57 Å². The predicted octanol–water partition coefficient (Wildman–Crippen LogP) is 4.49. The van der Waals surface area contributed by atoms with Gasteiger partial charge in [-0.2, -0.15) is 0 Å². The highest BCUT2D eigenvalue weighted by Gasteiger charge is 2.34. The van der Waals surface area contributed by atoms with Gasteiger partial charge in [0.2, 0.25) is 0 Å². The monoisotopic (exact) mass is 497 g/mol. The SMILES string of the molecule is COC(=O)c1c(C(=O)OC)c(-c2ccc(NC(=O)c3ccc(Cl)cc3[N+](=O)[O-])cc2)n2c1CCC2. The molecule has 1 aliphatic heterocycles. The second-order valence-corrected chi connectivity index (χ2v) is 8.17. The third-order valence-electron chi connectivity index (χ3n) is 5.76. The molecule has 2 heterocycles. The van der Waals surface area contributed by atoms with Gasteiger partial charge in [0.25, 0.3) is 11.6 Å². The number of methoxy groups -OCH3 is 2. The zero-order valence-corrected chi connectivity index (χ0v) is 19.5.